The Labute approximate surface area is 249 Å². The number of benzene rings is 1. The van der Waals surface area contributed by atoms with Crippen LogP contribution in [0.4, 0.5) is 13.2 Å². The first-order valence-electron chi connectivity index (χ1n) is 14.1. The SMILES string of the molecule is CCN1C(=O)c2c(O)c(=O)c(-c3nnc(Cc4ccc(F)cc4F)s3)cn2N(C)C12CCC(C(=O)N1CC(C)(F)C1)CC2. The second-order valence-electron chi connectivity index (χ2n) is 11.8. The minimum atomic E-state index is -1.36. The number of alkyl halides is 1. The molecule has 14 heteroatoms. The van der Waals surface area contributed by atoms with Crippen molar-refractivity contribution in [3.8, 4) is 16.3 Å². The van der Waals surface area contributed by atoms with Crippen LogP contribution in [0.2, 0.25) is 0 Å². The average Bonchev–Trinajstić information content (AvgIpc) is 3.42. The molecule has 1 saturated heterocycles. The Kier molecular flexibility index (Phi) is 7.02. The Bertz CT molecular complexity index is 1670. The van der Waals surface area contributed by atoms with Crippen molar-refractivity contribution in [2.24, 2.45) is 5.92 Å². The number of pyridine rings is 1. The molecule has 0 unspecified atom stereocenters. The van der Waals surface area contributed by atoms with Gasteiger partial charge in [0, 0.05) is 38.2 Å². The van der Waals surface area contributed by atoms with E-state index in [1.807, 2.05) is 11.9 Å². The maximum atomic E-state index is 14.2. The van der Waals surface area contributed by atoms with E-state index in [4.69, 9.17) is 0 Å². The first-order chi connectivity index (χ1) is 20.3. The van der Waals surface area contributed by atoms with E-state index in [0.29, 0.717) is 37.2 Å². The third-order valence-corrected chi connectivity index (χ3v) is 9.86. The largest absolute Gasteiger partial charge is 0.502 e. The van der Waals surface area contributed by atoms with E-state index < -0.39 is 40.1 Å². The Morgan fingerprint density at radius 2 is 1.86 bits per heavy atom. The van der Waals surface area contributed by atoms with Gasteiger partial charge < -0.3 is 14.9 Å². The summed E-state index contributed by atoms with van der Waals surface area (Å²) in [6.45, 7) is 3.78. The van der Waals surface area contributed by atoms with Crippen LogP contribution in [0.3, 0.4) is 0 Å². The summed E-state index contributed by atoms with van der Waals surface area (Å²) in [6, 6.07) is 3.24. The molecule has 2 fully saturated rings. The number of likely N-dealkylation sites (tertiary alicyclic amines) is 1. The zero-order chi connectivity index (χ0) is 30.8. The summed E-state index contributed by atoms with van der Waals surface area (Å²) in [5, 5.41) is 21.5. The molecule has 0 radical (unpaired) electrons. The second kappa shape index (κ2) is 10.4. The van der Waals surface area contributed by atoms with Crippen LogP contribution in [-0.4, -0.2) is 79.6 Å². The smallest absolute Gasteiger partial charge is 0.278 e. The highest BCUT2D eigenvalue weighted by Gasteiger charge is 2.53. The summed E-state index contributed by atoms with van der Waals surface area (Å²) in [7, 11) is 1.77. The molecule has 2 aliphatic heterocycles. The Hall–Kier alpha value is -3.94. The highest BCUT2D eigenvalue weighted by atomic mass is 32.1. The lowest BCUT2D eigenvalue weighted by Gasteiger charge is -2.57. The van der Waals surface area contributed by atoms with E-state index in [9.17, 15) is 32.7 Å². The van der Waals surface area contributed by atoms with E-state index in [0.717, 1.165) is 23.5 Å². The average molecular weight is 617 g/mol. The molecule has 1 spiro atoms. The van der Waals surface area contributed by atoms with Crippen molar-refractivity contribution in [2.75, 3.05) is 31.7 Å². The van der Waals surface area contributed by atoms with Crippen LogP contribution < -0.4 is 10.4 Å². The summed E-state index contributed by atoms with van der Waals surface area (Å²) in [6.07, 6.45) is 3.35. The third kappa shape index (κ3) is 4.75. The molecule has 2 aromatic heterocycles. The Morgan fingerprint density at radius 1 is 1.16 bits per heavy atom. The standard InChI is InChI=1S/C29H31F3N6O4S/c1-4-37-27(42)22-24(40)23(39)19(25-34-33-21(43-25)11-17-5-6-18(30)12-20(17)31)13-38(22)35(3)29(37)9-7-16(8-10-29)26(41)36-14-28(2,32)15-36/h5-6,12-13,16,40H,4,7-11,14-15H2,1-3H3. The molecule has 2 amide bonds. The van der Waals surface area contributed by atoms with Crippen LogP contribution in [0.1, 0.15) is 60.6 Å². The van der Waals surface area contributed by atoms with Crippen LogP contribution >= 0.6 is 11.3 Å². The molecule has 10 nitrogen and oxygen atoms in total. The summed E-state index contributed by atoms with van der Waals surface area (Å²) in [4.78, 5) is 43.3. The maximum absolute atomic E-state index is 14.2. The van der Waals surface area contributed by atoms with Gasteiger partial charge in [-0.15, -0.1) is 10.2 Å². The van der Waals surface area contributed by atoms with E-state index in [1.54, 1.807) is 16.8 Å². The normalized spacial score (nSPS) is 23.0. The molecule has 3 aromatic rings. The summed E-state index contributed by atoms with van der Waals surface area (Å²) < 4.78 is 43.0. The molecule has 1 aromatic carbocycles. The van der Waals surface area contributed by atoms with E-state index >= 15 is 0 Å². The van der Waals surface area contributed by atoms with Gasteiger partial charge in [-0.05, 0) is 51.2 Å². The lowest BCUT2D eigenvalue weighted by molar-refractivity contribution is -0.150. The van der Waals surface area contributed by atoms with Crippen molar-refractivity contribution >= 4 is 23.2 Å². The predicted octanol–water partition coefficient (Wildman–Crippen LogP) is 3.44. The third-order valence-electron chi connectivity index (χ3n) is 8.90. The van der Waals surface area contributed by atoms with Crippen molar-refractivity contribution in [3.63, 3.8) is 0 Å². The van der Waals surface area contributed by atoms with Gasteiger partial charge in [-0.2, -0.15) is 0 Å². The molecule has 0 atom stereocenters. The van der Waals surface area contributed by atoms with Crippen molar-refractivity contribution < 1.29 is 27.9 Å². The van der Waals surface area contributed by atoms with E-state index in [1.165, 1.54) is 23.9 Å². The van der Waals surface area contributed by atoms with Crippen molar-refractivity contribution in [1.82, 2.24) is 24.7 Å². The quantitative estimate of drug-likeness (QED) is 0.468. The van der Waals surface area contributed by atoms with Crippen molar-refractivity contribution in [2.45, 2.75) is 57.3 Å². The molecule has 228 valence electrons. The maximum Gasteiger partial charge on any atom is 0.278 e. The molecule has 1 N–H and O–H groups in total. The lowest BCUT2D eigenvalue weighted by Crippen LogP contribution is -2.70. The highest BCUT2D eigenvalue weighted by molar-refractivity contribution is 7.14. The molecule has 1 aliphatic carbocycles. The highest BCUT2D eigenvalue weighted by Crippen LogP contribution is 2.43. The lowest BCUT2D eigenvalue weighted by atomic mass is 9.78. The van der Waals surface area contributed by atoms with Crippen LogP contribution in [0.5, 0.6) is 5.75 Å². The zero-order valence-corrected chi connectivity index (χ0v) is 24.8. The predicted molar refractivity (Wildman–Crippen MR) is 152 cm³/mol. The molecule has 3 aliphatic rings. The van der Waals surface area contributed by atoms with E-state index in [2.05, 4.69) is 10.2 Å². The molecule has 0 bridgehead atoms. The van der Waals surface area contributed by atoms with Gasteiger partial charge in [-0.1, -0.05) is 17.4 Å². The van der Waals surface area contributed by atoms with Gasteiger partial charge >= 0.3 is 0 Å². The fraction of sp³-hybridized carbons (Fsp3) is 0.483. The van der Waals surface area contributed by atoms with Crippen LogP contribution in [0, 0.1) is 17.6 Å². The molecular formula is C29H31F3N6O4S. The first kappa shape index (κ1) is 29.1. The van der Waals surface area contributed by atoms with Crippen LogP contribution in [0.15, 0.2) is 29.2 Å². The minimum absolute atomic E-state index is 0.0141. The van der Waals surface area contributed by atoms with Gasteiger partial charge in [-0.25, -0.2) is 13.2 Å². The number of hydrogen-bond donors (Lipinski definition) is 1. The number of amides is 2. The summed E-state index contributed by atoms with van der Waals surface area (Å²) in [5.41, 5.74) is -2.93. The second-order valence-corrected chi connectivity index (χ2v) is 12.8. The minimum Gasteiger partial charge on any atom is -0.502 e. The van der Waals surface area contributed by atoms with Gasteiger partial charge in [0.25, 0.3) is 5.91 Å². The number of halogens is 3. The van der Waals surface area contributed by atoms with Crippen LogP contribution in [-0.2, 0) is 11.2 Å². The molecular weight excluding hydrogens is 585 g/mol. The number of carbonyl (C=O) groups is 2. The monoisotopic (exact) mass is 616 g/mol. The summed E-state index contributed by atoms with van der Waals surface area (Å²) in [5.74, 6) is -3.01. The van der Waals surface area contributed by atoms with Gasteiger partial charge in [0.1, 0.15) is 28.0 Å². The fourth-order valence-corrected chi connectivity index (χ4v) is 7.52. The van der Waals surface area contributed by atoms with Crippen molar-refractivity contribution in [1.29, 1.82) is 0 Å². The number of fused-ring (bicyclic) bond motifs is 1. The van der Waals surface area contributed by atoms with Crippen molar-refractivity contribution in [3.05, 3.63) is 62.5 Å². The van der Waals surface area contributed by atoms with Gasteiger partial charge in [0.2, 0.25) is 11.3 Å². The number of aromatic nitrogens is 3. The Morgan fingerprint density at radius 3 is 2.49 bits per heavy atom. The molecule has 43 heavy (non-hydrogen) atoms. The number of carbonyl (C=O) groups excluding carboxylic acids is 2. The van der Waals surface area contributed by atoms with Gasteiger partial charge in [0.05, 0.1) is 18.7 Å². The van der Waals surface area contributed by atoms with E-state index in [-0.39, 0.29) is 53.2 Å². The zero-order valence-electron chi connectivity index (χ0n) is 23.9. The number of nitrogens with zero attached hydrogens (tertiary/aromatic N) is 6. The molecule has 6 rings (SSSR count). The number of aromatic hydroxyl groups is 1. The Balaban J connectivity index is 1.30. The van der Waals surface area contributed by atoms with Gasteiger partial charge in [0.15, 0.2) is 16.5 Å². The van der Waals surface area contributed by atoms with Crippen LogP contribution in [0.25, 0.3) is 10.6 Å². The summed E-state index contributed by atoms with van der Waals surface area (Å²) >= 11 is 1.03. The fourth-order valence-electron chi connectivity index (χ4n) is 6.65. The number of hydrogen-bond acceptors (Lipinski definition) is 8. The van der Waals surface area contributed by atoms with Gasteiger partial charge in [-0.3, -0.25) is 24.1 Å². The first-order valence-corrected chi connectivity index (χ1v) is 15.0. The molecule has 1 saturated carbocycles. The topological polar surface area (TPSA) is 112 Å². The number of rotatable bonds is 5. The molecule has 4 heterocycles.